The molecule has 1 heterocycles. The van der Waals surface area contributed by atoms with Gasteiger partial charge in [0.2, 0.25) is 0 Å². The van der Waals surface area contributed by atoms with Gasteiger partial charge in [-0.2, -0.15) is 14.9 Å². The summed E-state index contributed by atoms with van der Waals surface area (Å²) in [6, 6.07) is 24.8. The first-order valence-corrected chi connectivity index (χ1v) is 10.4. The number of benzene rings is 3. The maximum absolute atomic E-state index is 12.6. The minimum Gasteiger partial charge on any atom is -0.488 e. The molecule has 1 aromatic heterocycles. The Morgan fingerprint density at radius 1 is 1.03 bits per heavy atom. The number of ether oxygens (including phenoxy) is 1. The predicted octanol–water partition coefficient (Wildman–Crippen LogP) is 5.22. The molecule has 0 aliphatic carbocycles. The molecule has 32 heavy (non-hydrogen) atoms. The number of nitrogens with zero attached hydrogens (tertiary/aromatic N) is 3. The molecular weight excluding hydrogens is 424 g/mol. The SMILES string of the molecule is Cc1ccc(COc2ccccc2/C=N/Nc2cnn(-c3ccccc3)c(=O)c2Cl)cc1. The number of aryl methyl sites for hydroxylation is 1. The molecule has 160 valence electrons. The Labute approximate surface area is 190 Å². The van der Waals surface area contributed by atoms with Gasteiger partial charge in [-0.1, -0.05) is 71.8 Å². The first-order chi connectivity index (χ1) is 15.6. The minimum absolute atomic E-state index is 0.00455. The number of para-hydroxylation sites is 2. The molecule has 0 unspecified atom stereocenters. The van der Waals surface area contributed by atoms with E-state index in [4.69, 9.17) is 16.3 Å². The van der Waals surface area contributed by atoms with Crippen LogP contribution in [-0.2, 0) is 6.61 Å². The molecule has 1 N–H and O–H groups in total. The monoisotopic (exact) mass is 444 g/mol. The summed E-state index contributed by atoms with van der Waals surface area (Å²) in [7, 11) is 0. The van der Waals surface area contributed by atoms with Crippen LogP contribution in [0.3, 0.4) is 0 Å². The molecule has 0 saturated carbocycles. The maximum Gasteiger partial charge on any atom is 0.292 e. The van der Waals surface area contributed by atoms with Crippen LogP contribution < -0.4 is 15.7 Å². The van der Waals surface area contributed by atoms with Crippen LogP contribution in [0.4, 0.5) is 5.69 Å². The number of nitrogens with one attached hydrogen (secondary N) is 1. The quantitative estimate of drug-likeness (QED) is 0.313. The third-order valence-corrected chi connectivity index (χ3v) is 5.11. The van der Waals surface area contributed by atoms with Gasteiger partial charge in [0, 0.05) is 5.56 Å². The van der Waals surface area contributed by atoms with Gasteiger partial charge in [0.25, 0.3) is 5.56 Å². The first kappa shape index (κ1) is 21.3. The van der Waals surface area contributed by atoms with Gasteiger partial charge in [-0.25, -0.2) is 0 Å². The Kier molecular flexibility index (Phi) is 6.63. The molecule has 0 bridgehead atoms. The van der Waals surface area contributed by atoms with Crippen LogP contribution in [0.25, 0.3) is 5.69 Å². The van der Waals surface area contributed by atoms with Crippen molar-refractivity contribution in [1.29, 1.82) is 0 Å². The lowest BCUT2D eigenvalue weighted by Crippen LogP contribution is -2.22. The number of hydrogen-bond donors (Lipinski definition) is 1. The molecule has 3 aromatic carbocycles. The number of hydrogen-bond acceptors (Lipinski definition) is 5. The largest absolute Gasteiger partial charge is 0.488 e. The lowest BCUT2D eigenvalue weighted by molar-refractivity contribution is 0.306. The standard InChI is InChI=1S/C25H21ClN4O2/c1-18-11-13-19(14-12-18)17-32-23-10-6-5-7-20(23)15-27-29-22-16-28-30(25(31)24(22)26)21-8-3-2-4-9-21/h2-16,29H,17H2,1H3/b27-15+. The van der Waals surface area contributed by atoms with Crippen molar-refractivity contribution in [2.75, 3.05) is 5.43 Å². The Balaban J connectivity index is 1.47. The molecule has 0 atom stereocenters. The second-order valence-corrected chi connectivity index (χ2v) is 7.48. The molecule has 6 nitrogen and oxygen atoms in total. The van der Waals surface area contributed by atoms with E-state index in [2.05, 4.69) is 34.7 Å². The van der Waals surface area contributed by atoms with E-state index in [1.54, 1.807) is 18.3 Å². The van der Waals surface area contributed by atoms with Gasteiger partial charge in [0.15, 0.2) is 0 Å². The molecule has 4 aromatic rings. The summed E-state index contributed by atoms with van der Waals surface area (Å²) < 4.78 is 7.20. The van der Waals surface area contributed by atoms with Crippen molar-refractivity contribution in [2.24, 2.45) is 5.10 Å². The Bertz CT molecular complexity index is 1290. The van der Waals surface area contributed by atoms with Gasteiger partial charge in [0.05, 0.1) is 18.1 Å². The second kappa shape index (κ2) is 9.94. The van der Waals surface area contributed by atoms with Crippen molar-refractivity contribution in [2.45, 2.75) is 13.5 Å². The highest BCUT2D eigenvalue weighted by Crippen LogP contribution is 2.19. The molecule has 0 spiro atoms. The molecule has 0 amide bonds. The summed E-state index contributed by atoms with van der Waals surface area (Å²) in [6.07, 6.45) is 3.08. The molecule has 4 rings (SSSR count). The van der Waals surface area contributed by atoms with Crippen molar-refractivity contribution in [1.82, 2.24) is 9.78 Å². The molecule has 0 saturated heterocycles. The number of aromatic nitrogens is 2. The highest BCUT2D eigenvalue weighted by Gasteiger charge is 2.10. The van der Waals surface area contributed by atoms with Gasteiger partial charge < -0.3 is 4.74 Å². The zero-order chi connectivity index (χ0) is 22.3. The van der Waals surface area contributed by atoms with Crippen LogP contribution in [0.1, 0.15) is 16.7 Å². The van der Waals surface area contributed by atoms with Crippen molar-refractivity contribution in [3.05, 3.63) is 117 Å². The average Bonchev–Trinajstić information content (AvgIpc) is 2.83. The van der Waals surface area contributed by atoms with Crippen molar-refractivity contribution in [3.63, 3.8) is 0 Å². The zero-order valence-corrected chi connectivity index (χ0v) is 18.2. The smallest absolute Gasteiger partial charge is 0.292 e. The Hall–Kier alpha value is -3.90. The number of halogens is 1. The summed E-state index contributed by atoms with van der Waals surface area (Å²) in [6.45, 7) is 2.50. The highest BCUT2D eigenvalue weighted by atomic mass is 35.5. The zero-order valence-electron chi connectivity index (χ0n) is 17.4. The highest BCUT2D eigenvalue weighted by molar-refractivity contribution is 6.32. The minimum atomic E-state index is -0.431. The topological polar surface area (TPSA) is 68.5 Å². The number of anilines is 1. The predicted molar refractivity (Wildman–Crippen MR) is 128 cm³/mol. The fraction of sp³-hybridized carbons (Fsp3) is 0.0800. The van der Waals surface area contributed by atoms with Crippen molar-refractivity contribution < 1.29 is 4.74 Å². The summed E-state index contributed by atoms with van der Waals surface area (Å²) in [5.41, 5.74) is 6.39. The molecular formula is C25H21ClN4O2. The van der Waals surface area contributed by atoms with Crippen LogP contribution in [0.15, 0.2) is 95.0 Å². The fourth-order valence-corrected chi connectivity index (χ4v) is 3.17. The van der Waals surface area contributed by atoms with Gasteiger partial charge in [0.1, 0.15) is 23.1 Å². The van der Waals surface area contributed by atoms with E-state index in [1.165, 1.54) is 16.4 Å². The average molecular weight is 445 g/mol. The van der Waals surface area contributed by atoms with E-state index in [1.807, 2.05) is 54.6 Å². The summed E-state index contributed by atoms with van der Waals surface area (Å²) in [5, 5.41) is 8.40. The molecule has 7 heteroatoms. The molecule has 0 fully saturated rings. The summed E-state index contributed by atoms with van der Waals surface area (Å²) in [4.78, 5) is 12.6. The lowest BCUT2D eigenvalue weighted by Gasteiger charge is -2.10. The third kappa shape index (κ3) is 5.04. The van der Waals surface area contributed by atoms with Crippen LogP contribution in [0.2, 0.25) is 5.02 Å². The molecule has 0 aliphatic heterocycles. The summed E-state index contributed by atoms with van der Waals surface area (Å²) in [5.74, 6) is 0.697. The Morgan fingerprint density at radius 2 is 1.75 bits per heavy atom. The van der Waals surface area contributed by atoms with E-state index in [9.17, 15) is 4.79 Å². The van der Waals surface area contributed by atoms with Crippen LogP contribution in [0, 0.1) is 6.92 Å². The van der Waals surface area contributed by atoms with Crippen molar-refractivity contribution >= 4 is 23.5 Å². The van der Waals surface area contributed by atoms with Crippen LogP contribution >= 0.6 is 11.6 Å². The Morgan fingerprint density at radius 3 is 2.53 bits per heavy atom. The second-order valence-electron chi connectivity index (χ2n) is 7.11. The van der Waals surface area contributed by atoms with Gasteiger partial charge in [-0.05, 0) is 36.8 Å². The fourth-order valence-electron chi connectivity index (χ4n) is 3.00. The van der Waals surface area contributed by atoms with Gasteiger partial charge in [-0.3, -0.25) is 10.2 Å². The lowest BCUT2D eigenvalue weighted by atomic mass is 10.1. The van der Waals surface area contributed by atoms with E-state index in [0.29, 0.717) is 23.7 Å². The maximum atomic E-state index is 12.6. The van der Waals surface area contributed by atoms with E-state index >= 15 is 0 Å². The van der Waals surface area contributed by atoms with E-state index in [-0.39, 0.29) is 5.02 Å². The van der Waals surface area contributed by atoms with Crippen molar-refractivity contribution in [3.8, 4) is 11.4 Å². The van der Waals surface area contributed by atoms with Crippen LogP contribution in [-0.4, -0.2) is 16.0 Å². The number of hydrazone groups is 1. The van der Waals surface area contributed by atoms with Gasteiger partial charge >= 0.3 is 0 Å². The molecule has 0 radical (unpaired) electrons. The van der Waals surface area contributed by atoms with E-state index in [0.717, 1.165) is 11.1 Å². The van der Waals surface area contributed by atoms with Gasteiger partial charge in [-0.15, -0.1) is 0 Å². The van der Waals surface area contributed by atoms with E-state index < -0.39 is 5.56 Å². The molecule has 0 aliphatic rings. The first-order valence-electron chi connectivity index (χ1n) is 10.0. The number of rotatable bonds is 7. The summed E-state index contributed by atoms with van der Waals surface area (Å²) >= 11 is 6.26. The third-order valence-electron chi connectivity index (χ3n) is 4.74. The van der Waals surface area contributed by atoms with Crippen LogP contribution in [0.5, 0.6) is 5.75 Å². The normalized spacial score (nSPS) is 10.9.